The van der Waals surface area contributed by atoms with Crippen molar-refractivity contribution >= 4 is 41.0 Å². The predicted molar refractivity (Wildman–Crippen MR) is 91.1 cm³/mol. The summed E-state index contributed by atoms with van der Waals surface area (Å²) in [6.07, 6.45) is 0. The van der Waals surface area contributed by atoms with E-state index in [9.17, 15) is 4.79 Å². The highest BCUT2D eigenvalue weighted by Gasteiger charge is 2.12. The van der Waals surface area contributed by atoms with Crippen molar-refractivity contribution in [2.45, 2.75) is 11.1 Å². The molecule has 4 N–H and O–H groups in total. The Bertz CT molecular complexity index is 458. The Balaban J connectivity index is 1.52. The summed E-state index contributed by atoms with van der Waals surface area (Å²) in [7, 11) is 0. The van der Waals surface area contributed by atoms with Gasteiger partial charge in [0.1, 0.15) is 0 Å². The molecule has 116 valence electrons. The van der Waals surface area contributed by atoms with Gasteiger partial charge in [-0.2, -0.15) is 5.53 Å². The van der Waals surface area contributed by atoms with Gasteiger partial charge in [-0.25, -0.2) is 10.9 Å². The largest absolute Gasteiger partial charge is 0.355 e. The first-order valence-corrected chi connectivity index (χ1v) is 9.26. The zero-order valence-corrected chi connectivity index (χ0v) is 13.9. The molecule has 1 atom stereocenters. The summed E-state index contributed by atoms with van der Waals surface area (Å²) >= 11 is 9.42. The van der Waals surface area contributed by atoms with Crippen LogP contribution in [0.3, 0.4) is 0 Å². The summed E-state index contributed by atoms with van der Waals surface area (Å²) in [5.41, 5.74) is 9.98. The maximum absolute atomic E-state index is 11.7. The summed E-state index contributed by atoms with van der Waals surface area (Å²) in [4.78, 5) is 11.7. The van der Waals surface area contributed by atoms with Crippen LogP contribution < -0.4 is 21.7 Å². The molecule has 21 heavy (non-hydrogen) atoms. The fourth-order valence-corrected chi connectivity index (χ4v) is 3.73. The molecule has 1 heterocycles. The van der Waals surface area contributed by atoms with E-state index in [1.54, 1.807) is 23.5 Å². The monoisotopic (exact) mass is 346 g/mol. The zero-order chi connectivity index (χ0) is 14.9. The minimum absolute atomic E-state index is 0.0725. The van der Waals surface area contributed by atoms with Gasteiger partial charge in [0.25, 0.3) is 0 Å². The normalized spacial score (nSPS) is 17.9. The Labute approximate surface area is 138 Å². The van der Waals surface area contributed by atoms with Crippen LogP contribution in [-0.2, 0) is 10.5 Å². The highest BCUT2D eigenvalue weighted by Crippen LogP contribution is 2.20. The number of thioether (sulfide) groups is 2. The molecule has 1 aromatic carbocycles. The van der Waals surface area contributed by atoms with Crippen LogP contribution in [-0.4, -0.2) is 35.9 Å². The Morgan fingerprint density at radius 2 is 2.29 bits per heavy atom. The van der Waals surface area contributed by atoms with Crippen molar-refractivity contribution in [2.75, 3.05) is 24.6 Å². The average molecular weight is 347 g/mol. The Hall–Kier alpha value is -0.440. The van der Waals surface area contributed by atoms with Crippen molar-refractivity contribution in [1.82, 2.24) is 21.7 Å². The molecular formula is C13H19ClN4OS2. The van der Waals surface area contributed by atoms with Crippen LogP contribution in [0.4, 0.5) is 0 Å². The second-order valence-corrected chi connectivity index (χ2v) is 7.15. The minimum atomic E-state index is 0.0725. The molecule has 0 radical (unpaired) electrons. The Morgan fingerprint density at radius 1 is 1.43 bits per heavy atom. The highest BCUT2D eigenvalue weighted by atomic mass is 35.5. The van der Waals surface area contributed by atoms with Gasteiger partial charge in [0.05, 0.1) is 11.1 Å². The molecular weight excluding hydrogens is 328 g/mol. The quantitative estimate of drug-likeness (QED) is 0.533. The topological polar surface area (TPSA) is 65.2 Å². The molecule has 1 aliphatic rings. The standard InChI is InChI=1S/C13H19ClN4OS2/c14-11-4-2-1-3-10(11)8-20-9-12(19)15-5-6-21-13-7-16-18-17-13/h1-4,13,16-18H,5-9H2,(H,15,19). The smallest absolute Gasteiger partial charge is 0.230 e. The molecule has 0 spiro atoms. The second kappa shape index (κ2) is 9.55. The van der Waals surface area contributed by atoms with Crippen molar-refractivity contribution in [3.8, 4) is 0 Å². The number of benzene rings is 1. The number of halogens is 1. The van der Waals surface area contributed by atoms with Gasteiger partial charge in [0, 0.05) is 29.6 Å². The fraction of sp³-hybridized carbons (Fsp3) is 0.462. The van der Waals surface area contributed by atoms with Crippen LogP contribution in [0.5, 0.6) is 0 Å². The predicted octanol–water partition coefficient (Wildman–Crippen LogP) is 1.36. The van der Waals surface area contributed by atoms with Gasteiger partial charge in [-0.15, -0.1) is 23.5 Å². The van der Waals surface area contributed by atoms with E-state index in [4.69, 9.17) is 11.6 Å². The van der Waals surface area contributed by atoms with E-state index in [0.717, 1.165) is 28.6 Å². The third-order valence-electron chi connectivity index (χ3n) is 2.80. The lowest BCUT2D eigenvalue weighted by molar-refractivity contribution is -0.118. The summed E-state index contributed by atoms with van der Waals surface area (Å²) in [5.74, 6) is 2.18. The molecule has 0 bridgehead atoms. The van der Waals surface area contributed by atoms with E-state index < -0.39 is 0 Å². The molecule has 0 aliphatic carbocycles. The summed E-state index contributed by atoms with van der Waals surface area (Å²) in [6, 6.07) is 7.72. The average Bonchev–Trinajstić information content (AvgIpc) is 2.99. The zero-order valence-electron chi connectivity index (χ0n) is 11.5. The number of hydrogen-bond acceptors (Lipinski definition) is 6. The van der Waals surface area contributed by atoms with Crippen molar-refractivity contribution in [3.63, 3.8) is 0 Å². The molecule has 8 heteroatoms. The molecule has 1 aromatic rings. The lowest BCUT2D eigenvalue weighted by Gasteiger charge is -2.09. The van der Waals surface area contributed by atoms with Gasteiger partial charge in [0.2, 0.25) is 5.91 Å². The van der Waals surface area contributed by atoms with E-state index in [0.29, 0.717) is 17.7 Å². The van der Waals surface area contributed by atoms with E-state index in [-0.39, 0.29) is 5.91 Å². The lowest BCUT2D eigenvalue weighted by Crippen LogP contribution is -2.33. The Morgan fingerprint density at radius 3 is 3.05 bits per heavy atom. The molecule has 1 saturated heterocycles. The number of rotatable bonds is 8. The third-order valence-corrected chi connectivity index (χ3v) is 5.28. The van der Waals surface area contributed by atoms with Crippen molar-refractivity contribution in [1.29, 1.82) is 0 Å². The number of amides is 1. The highest BCUT2D eigenvalue weighted by molar-refractivity contribution is 8.00. The van der Waals surface area contributed by atoms with Gasteiger partial charge >= 0.3 is 0 Å². The van der Waals surface area contributed by atoms with Crippen molar-refractivity contribution in [2.24, 2.45) is 0 Å². The summed E-state index contributed by atoms with van der Waals surface area (Å²) < 4.78 is 0. The van der Waals surface area contributed by atoms with Crippen LogP contribution >= 0.6 is 35.1 Å². The van der Waals surface area contributed by atoms with Crippen LogP contribution in [0, 0.1) is 0 Å². The summed E-state index contributed by atoms with van der Waals surface area (Å²) in [5, 5.41) is 4.04. The second-order valence-electron chi connectivity index (χ2n) is 4.44. The molecule has 1 aliphatic heterocycles. The molecule has 0 saturated carbocycles. The van der Waals surface area contributed by atoms with Crippen LogP contribution in [0.2, 0.25) is 5.02 Å². The number of carbonyl (C=O) groups excluding carboxylic acids is 1. The van der Waals surface area contributed by atoms with Crippen LogP contribution in [0.1, 0.15) is 5.56 Å². The maximum Gasteiger partial charge on any atom is 0.230 e. The van der Waals surface area contributed by atoms with Gasteiger partial charge in [-0.1, -0.05) is 29.8 Å². The number of hydrogen-bond donors (Lipinski definition) is 4. The maximum atomic E-state index is 11.7. The first-order valence-electron chi connectivity index (χ1n) is 6.68. The van der Waals surface area contributed by atoms with Gasteiger partial charge in [0.15, 0.2) is 0 Å². The molecule has 1 amide bonds. The number of hydrazine groups is 2. The third kappa shape index (κ3) is 6.46. The van der Waals surface area contributed by atoms with Gasteiger partial charge in [-0.05, 0) is 11.6 Å². The first kappa shape index (κ1) is 16.9. The minimum Gasteiger partial charge on any atom is -0.355 e. The number of nitrogens with one attached hydrogen (secondary N) is 4. The SMILES string of the molecule is O=C(CSCc1ccccc1Cl)NCCSC1CNNN1. The van der Waals surface area contributed by atoms with Crippen LogP contribution in [0.15, 0.2) is 24.3 Å². The van der Waals surface area contributed by atoms with E-state index in [2.05, 4.69) is 21.7 Å². The first-order chi connectivity index (χ1) is 10.3. The summed E-state index contributed by atoms with van der Waals surface area (Å²) in [6.45, 7) is 1.57. The molecule has 0 aromatic heterocycles. The van der Waals surface area contributed by atoms with E-state index in [1.165, 1.54) is 0 Å². The van der Waals surface area contributed by atoms with Crippen LogP contribution in [0.25, 0.3) is 0 Å². The van der Waals surface area contributed by atoms with Gasteiger partial charge in [-0.3, -0.25) is 4.79 Å². The molecule has 1 unspecified atom stereocenters. The van der Waals surface area contributed by atoms with Gasteiger partial charge < -0.3 is 5.32 Å². The van der Waals surface area contributed by atoms with Crippen molar-refractivity contribution < 1.29 is 4.79 Å². The van der Waals surface area contributed by atoms with E-state index in [1.807, 2.05) is 24.3 Å². The molecule has 1 fully saturated rings. The lowest BCUT2D eigenvalue weighted by atomic mass is 10.2. The fourth-order valence-electron chi connectivity index (χ4n) is 1.74. The number of carbonyl (C=O) groups is 1. The van der Waals surface area contributed by atoms with Crippen molar-refractivity contribution in [3.05, 3.63) is 34.9 Å². The molecule has 5 nitrogen and oxygen atoms in total. The molecule has 2 rings (SSSR count). The van der Waals surface area contributed by atoms with E-state index >= 15 is 0 Å². The Kier molecular flexibility index (Phi) is 7.70.